The van der Waals surface area contributed by atoms with Crippen molar-refractivity contribution in [3.05, 3.63) is 57.6 Å². The highest BCUT2D eigenvalue weighted by Gasteiger charge is 2.28. The van der Waals surface area contributed by atoms with Crippen molar-refractivity contribution < 1.29 is 13.2 Å². The van der Waals surface area contributed by atoms with Crippen molar-refractivity contribution in [2.45, 2.75) is 44.9 Å². The number of halogens is 1. The maximum Gasteiger partial charge on any atom is 0.255 e. The summed E-state index contributed by atoms with van der Waals surface area (Å²) in [4.78, 5) is 12.8. The third-order valence-electron chi connectivity index (χ3n) is 5.04. The molecule has 1 saturated heterocycles. The SMILES string of the molecule is Cc1cc(C)c(NC(=O)c2ccc(Cl)c(S(=O)(=O)N3CCCCC3)c2)c(C)c1. The van der Waals surface area contributed by atoms with Gasteiger partial charge in [-0.25, -0.2) is 8.42 Å². The minimum Gasteiger partial charge on any atom is -0.322 e. The van der Waals surface area contributed by atoms with E-state index in [2.05, 4.69) is 5.32 Å². The standard InChI is InChI=1S/C21H25ClN2O3S/c1-14-11-15(2)20(16(3)12-14)23-21(25)17-7-8-18(22)19(13-17)28(26,27)24-9-5-4-6-10-24/h7-8,11-13H,4-6,9-10H2,1-3H3,(H,23,25). The molecule has 0 spiro atoms. The summed E-state index contributed by atoms with van der Waals surface area (Å²) in [5.41, 5.74) is 4.04. The van der Waals surface area contributed by atoms with Gasteiger partial charge in [0.05, 0.1) is 5.02 Å². The van der Waals surface area contributed by atoms with Crippen LogP contribution in [0.15, 0.2) is 35.2 Å². The molecule has 3 rings (SSSR count). The number of carbonyl (C=O) groups is 1. The van der Waals surface area contributed by atoms with Gasteiger partial charge >= 0.3 is 0 Å². The number of sulfonamides is 1. The van der Waals surface area contributed by atoms with Crippen LogP contribution >= 0.6 is 11.6 Å². The fourth-order valence-electron chi connectivity index (χ4n) is 3.65. The van der Waals surface area contributed by atoms with E-state index < -0.39 is 10.0 Å². The molecule has 1 amide bonds. The molecule has 0 saturated carbocycles. The number of nitrogens with zero attached hydrogens (tertiary/aromatic N) is 1. The van der Waals surface area contributed by atoms with E-state index in [9.17, 15) is 13.2 Å². The molecule has 2 aromatic carbocycles. The number of nitrogens with one attached hydrogen (secondary N) is 1. The van der Waals surface area contributed by atoms with Gasteiger partial charge in [0.2, 0.25) is 10.0 Å². The fourth-order valence-corrected chi connectivity index (χ4v) is 5.67. The average molecular weight is 421 g/mol. The van der Waals surface area contributed by atoms with Gasteiger partial charge in [0.25, 0.3) is 5.91 Å². The lowest BCUT2D eigenvalue weighted by Crippen LogP contribution is -2.35. The van der Waals surface area contributed by atoms with Crippen molar-refractivity contribution in [3.63, 3.8) is 0 Å². The van der Waals surface area contributed by atoms with Crippen molar-refractivity contribution in [2.24, 2.45) is 0 Å². The number of carbonyl (C=O) groups excluding carboxylic acids is 1. The molecule has 0 unspecified atom stereocenters. The van der Waals surface area contributed by atoms with Crippen LogP contribution in [0.4, 0.5) is 5.69 Å². The summed E-state index contributed by atoms with van der Waals surface area (Å²) in [6.45, 7) is 6.84. The molecule has 0 atom stereocenters. The van der Waals surface area contributed by atoms with E-state index in [4.69, 9.17) is 11.6 Å². The Balaban J connectivity index is 1.92. The first-order valence-corrected chi connectivity index (χ1v) is 11.2. The van der Waals surface area contributed by atoms with Gasteiger partial charge in [-0.05, 0) is 62.9 Å². The van der Waals surface area contributed by atoms with Crippen LogP contribution < -0.4 is 5.32 Å². The molecule has 150 valence electrons. The number of anilines is 1. The van der Waals surface area contributed by atoms with Crippen molar-refractivity contribution in [3.8, 4) is 0 Å². The van der Waals surface area contributed by atoms with Crippen LogP contribution in [0.2, 0.25) is 5.02 Å². The summed E-state index contributed by atoms with van der Waals surface area (Å²) in [6, 6.07) is 8.39. The minimum atomic E-state index is -3.72. The molecule has 1 aliphatic heterocycles. The van der Waals surface area contributed by atoms with E-state index in [0.717, 1.165) is 41.6 Å². The fraction of sp³-hybridized carbons (Fsp3) is 0.381. The highest BCUT2D eigenvalue weighted by atomic mass is 35.5. The van der Waals surface area contributed by atoms with Gasteiger partial charge in [-0.1, -0.05) is 35.7 Å². The Morgan fingerprint density at radius 2 is 1.61 bits per heavy atom. The molecule has 0 bridgehead atoms. The lowest BCUT2D eigenvalue weighted by Gasteiger charge is -2.26. The molecular weight excluding hydrogens is 396 g/mol. The molecular formula is C21H25ClN2O3S. The van der Waals surface area contributed by atoms with Crippen molar-refractivity contribution >= 4 is 33.2 Å². The molecule has 1 fully saturated rings. The minimum absolute atomic E-state index is 0.0129. The number of hydrogen-bond acceptors (Lipinski definition) is 3. The van der Waals surface area contributed by atoms with Gasteiger partial charge in [-0.2, -0.15) is 4.31 Å². The van der Waals surface area contributed by atoms with Crippen LogP contribution in [0.1, 0.15) is 46.3 Å². The van der Waals surface area contributed by atoms with Gasteiger partial charge in [0, 0.05) is 24.3 Å². The number of benzene rings is 2. The van der Waals surface area contributed by atoms with Gasteiger partial charge in [-0.3, -0.25) is 4.79 Å². The van der Waals surface area contributed by atoms with E-state index in [1.54, 1.807) is 6.07 Å². The molecule has 5 nitrogen and oxygen atoms in total. The van der Waals surface area contributed by atoms with Crippen LogP contribution in [0.25, 0.3) is 0 Å². The second-order valence-corrected chi connectivity index (χ2v) is 9.65. The first-order valence-electron chi connectivity index (χ1n) is 9.39. The van der Waals surface area contributed by atoms with Gasteiger partial charge in [0.1, 0.15) is 4.90 Å². The van der Waals surface area contributed by atoms with E-state index in [-0.39, 0.29) is 21.4 Å². The average Bonchev–Trinajstić information content (AvgIpc) is 2.65. The van der Waals surface area contributed by atoms with Crippen molar-refractivity contribution in [1.82, 2.24) is 4.31 Å². The van der Waals surface area contributed by atoms with E-state index in [1.165, 1.54) is 16.4 Å². The predicted octanol–water partition coefficient (Wildman–Crippen LogP) is 4.69. The zero-order chi connectivity index (χ0) is 20.5. The van der Waals surface area contributed by atoms with Crippen LogP contribution in [0, 0.1) is 20.8 Å². The Kier molecular flexibility index (Phi) is 6.12. The zero-order valence-electron chi connectivity index (χ0n) is 16.4. The number of hydrogen-bond donors (Lipinski definition) is 1. The summed E-state index contributed by atoms with van der Waals surface area (Å²) in [5, 5.41) is 3.04. The Morgan fingerprint density at radius 3 is 2.21 bits per heavy atom. The third kappa shape index (κ3) is 4.24. The predicted molar refractivity (Wildman–Crippen MR) is 113 cm³/mol. The third-order valence-corrected chi connectivity index (χ3v) is 7.42. The van der Waals surface area contributed by atoms with Gasteiger partial charge in [-0.15, -0.1) is 0 Å². The number of rotatable bonds is 4. The number of amides is 1. The van der Waals surface area contributed by atoms with Crippen LogP contribution in [0.3, 0.4) is 0 Å². The molecule has 1 N–H and O–H groups in total. The monoisotopic (exact) mass is 420 g/mol. The van der Waals surface area contributed by atoms with Gasteiger partial charge < -0.3 is 5.32 Å². The van der Waals surface area contributed by atoms with E-state index in [1.807, 2.05) is 32.9 Å². The summed E-state index contributed by atoms with van der Waals surface area (Å²) in [7, 11) is -3.72. The first kappa shape index (κ1) is 20.8. The van der Waals surface area contributed by atoms with Crippen molar-refractivity contribution in [2.75, 3.05) is 18.4 Å². The van der Waals surface area contributed by atoms with Gasteiger partial charge in [0.15, 0.2) is 0 Å². The molecule has 7 heteroatoms. The molecule has 1 heterocycles. The first-order chi connectivity index (χ1) is 13.2. The topological polar surface area (TPSA) is 66.5 Å². The summed E-state index contributed by atoms with van der Waals surface area (Å²) in [5.74, 6) is -0.359. The number of aryl methyl sites for hydroxylation is 3. The number of piperidine rings is 1. The quantitative estimate of drug-likeness (QED) is 0.780. The largest absolute Gasteiger partial charge is 0.322 e. The highest BCUT2D eigenvalue weighted by molar-refractivity contribution is 7.89. The molecule has 0 aliphatic carbocycles. The summed E-state index contributed by atoms with van der Waals surface area (Å²) >= 11 is 6.20. The van der Waals surface area contributed by atoms with Crippen LogP contribution in [0.5, 0.6) is 0 Å². The second kappa shape index (κ2) is 8.23. The van der Waals surface area contributed by atoms with Crippen LogP contribution in [-0.2, 0) is 10.0 Å². The van der Waals surface area contributed by atoms with E-state index in [0.29, 0.717) is 13.1 Å². The molecule has 1 aliphatic rings. The van der Waals surface area contributed by atoms with Crippen molar-refractivity contribution in [1.29, 1.82) is 0 Å². The lowest BCUT2D eigenvalue weighted by molar-refractivity contribution is 0.102. The smallest absolute Gasteiger partial charge is 0.255 e. The molecule has 0 aromatic heterocycles. The Morgan fingerprint density at radius 1 is 1.00 bits per heavy atom. The van der Waals surface area contributed by atoms with Crippen LogP contribution in [-0.4, -0.2) is 31.7 Å². The normalized spacial score (nSPS) is 15.4. The molecule has 0 radical (unpaired) electrons. The lowest BCUT2D eigenvalue weighted by atomic mass is 10.0. The zero-order valence-corrected chi connectivity index (χ0v) is 18.0. The second-order valence-electron chi connectivity index (χ2n) is 7.34. The Hall–Kier alpha value is -1.89. The highest BCUT2D eigenvalue weighted by Crippen LogP contribution is 2.29. The molecule has 28 heavy (non-hydrogen) atoms. The summed E-state index contributed by atoms with van der Waals surface area (Å²) in [6.07, 6.45) is 2.70. The Bertz CT molecular complexity index is 989. The van der Waals surface area contributed by atoms with E-state index >= 15 is 0 Å². The molecule has 2 aromatic rings. The summed E-state index contributed by atoms with van der Waals surface area (Å²) < 4.78 is 27.4. The maximum atomic E-state index is 13.0. The Labute approximate surface area is 171 Å². The maximum absolute atomic E-state index is 13.0.